The van der Waals surface area contributed by atoms with Crippen LogP contribution in [0.3, 0.4) is 0 Å². The van der Waals surface area contributed by atoms with Crippen molar-refractivity contribution in [1.82, 2.24) is 14.3 Å². The molecule has 0 spiro atoms. The van der Waals surface area contributed by atoms with E-state index in [0.717, 1.165) is 50.7 Å². The predicted octanol–water partition coefficient (Wildman–Crippen LogP) is 5.52. The van der Waals surface area contributed by atoms with Crippen LogP contribution in [-0.4, -0.2) is 33.3 Å². The average molecular weight is 394 g/mol. The van der Waals surface area contributed by atoms with Gasteiger partial charge in [-0.05, 0) is 50.1 Å². The maximum absolute atomic E-state index is 13.2. The molecule has 4 aromatic rings. The number of rotatable bonds is 3. The zero-order chi connectivity index (χ0) is 19.3. The molecule has 1 aliphatic carbocycles. The second-order valence-electron chi connectivity index (χ2n) is 7.64. The lowest BCUT2D eigenvalue weighted by molar-refractivity contribution is 0.0700. The molecule has 0 saturated heterocycles. The van der Waals surface area contributed by atoms with Gasteiger partial charge in [0.1, 0.15) is 10.6 Å². The summed E-state index contributed by atoms with van der Waals surface area (Å²) in [4.78, 5) is 21.6. The van der Waals surface area contributed by atoms with E-state index in [1.165, 1.54) is 30.6 Å². The molecule has 0 atom stereocenters. The summed E-state index contributed by atoms with van der Waals surface area (Å²) >= 11 is 1.49. The van der Waals surface area contributed by atoms with Gasteiger partial charge in [0, 0.05) is 24.3 Å². The molecule has 0 radical (unpaired) electrons. The van der Waals surface area contributed by atoms with Crippen molar-refractivity contribution in [1.29, 1.82) is 0 Å². The Bertz CT molecular complexity index is 1150. The van der Waals surface area contributed by atoms with Gasteiger partial charge in [-0.25, -0.2) is 4.98 Å². The van der Waals surface area contributed by atoms with E-state index in [9.17, 15) is 4.79 Å². The Morgan fingerprint density at radius 1 is 1.25 bits per heavy atom. The molecular formula is C22H23N3O2S. The molecule has 1 aromatic carbocycles. The third-order valence-electron chi connectivity index (χ3n) is 5.92. The molecule has 6 heteroatoms. The smallest absolute Gasteiger partial charge is 0.265 e. The van der Waals surface area contributed by atoms with Crippen LogP contribution in [-0.2, 0) is 0 Å². The van der Waals surface area contributed by atoms with Crippen LogP contribution in [0.4, 0.5) is 0 Å². The van der Waals surface area contributed by atoms with E-state index in [0.29, 0.717) is 6.04 Å². The number of hydrogen-bond donors (Lipinski definition) is 0. The van der Waals surface area contributed by atoms with E-state index in [1.54, 1.807) is 6.26 Å². The van der Waals surface area contributed by atoms with Crippen molar-refractivity contribution in [2.45, 2.75) is 45.1 Å². The monoisotopic (exact) mass is 393 g/mol. The molecule has 1 amide bonds. The highest BCUT2D eigenvalue weighted by molar-refractivity contribution is 7.19. The van der Waals surface area contributed by atoms with Crippen LogP contribution in [0.25, 0.3) is 27.3 Å². The van der Waals surface area contributed by atoms with Crippen LogP contribution in [0, 0.1) is 6.92 Å². The summed E-state index contributed by atoms with van der Waals surface area (Å²) < 4.78 is 7.65. The summed E-state index contributed by atoms with van der Waals surface area (Å²) in [5, 5.41) is 0. The van der Waals surface area contributed by atoms with Gasteiger partial charge in [0.25, 0.3) is 5.91 Å². The second kappa shape index (κ2) is 6.78. The fourth-order valence-electron chi connectivity index (χ4n) is 4.30. The van der Waals surface area contributed by atoms with Gasteiger partial charge >= 0.3 is 0 Å². The first-order valence-corrected chi connectivity index (χ1v) is 10.7. The van der Waals surface area contributed by atoms with Gasteiger partial charge in [0.05, 0.1) is 17.3 Å². The number of carbonyl (C=O) groups excluding carboxylic acids is 1. The number of thiazole rings is 1. The summed E-state index contributed by atoms with van der Waals surface area (Å²) in [5.41, 5.74) is 3.92. The first-order valence-electron chi connectivity index (χ1n) is 9.86. The number of aryl methyl sites for hydroxylation is 1. The van der Waals surface area contributed by atoms with Gasteiger partial charge in [-0.15, -0.1) is 0 Å². The van der Waals surface area contributed by atoms with Crippen LogP contribution in [0.15, 0.2) is 41.0 Å². The highest BCUT2D eigenvalue weighted by atomic mass is 32.1. The summed E-state index contributed by atoms with van der Waals surface area (Å²) in [7, 11) is 1.95. The Hall–Kier alpha value is -2.60. The number of fused-ring (bicyclic) bond motifs is 3. The van der Waals surface area contributed by atoms with Crippen molar-refractivity contribution in [3.8, 4) is 11.3 Å². The van der Waals surface area contributed by atoms with Crippen molar-refractivity contribution in [2.24, 2.45) is 0 Å². The molecule has 28 heavy (non-hydrogen) atoms. The topological polar surface area (TPSA) is 50.8 Å². The quantitative estimate of drug-likeness (QED) is 0.460. The molecule has 3 aromatic heterocycles. The van der Waals surface area contributed by atoms with E-state index in [1.807, 2.05) is 43.1 Å². The molecule has 0 bridgehead atoms. The number of furan rings is 1. The Kier molecular flexibility index (Phi) is 4.23. The van der Waals surface area contributed by atoms with E-state index in [-0.39, 0.29) is 5.91 Å². The standard InChI is InChI=1S/C22H23N3O2S/c1-14-20(21(26)24(2)16-7-4-3-5-8-16)28-22-23-17-11-10-15(13-18(17)25(14)22)19-9-6-12-27-19/h6,9-13,16H,3-5,7-8H2,1-2H3. The van der Waals surface area contributed by atoms with Crippen LogP contribution in [0.2, 0.25) is 0 Å². The molecular weight excluding hydrogens is 370 g/mol. The number of aromatic nitrogens is 2. The molecule has 0 unspecified atom stereocenters. The second-order valence-corrected chi connectivity index (χ2v) is 8.61. The Balaban J connectivity index is 1.56. The lowest BCUT2D eigenvalue weighted by Crippen LogP contribution is -2.38. The third kappa shape index (κ3) is 2.75. The van der Waals surface area contributed by atoms with Crippen LogP contribution in [0.1, 0.15) is 47.5 Å². The van der Waals surface area contributed by atoms with Gasteiger partial charge in [-0.3, -0.25) is 9.20 Å². The molecule has 1 fully saturated rings. The van der Waals surface area contributed by atoms with Crippen LogP contribution in [0.5, 0.6) is 0 Å². The van der Waals surface area contributed by atoms with Crippen molar-refractivity contribution >= 4 is 33.2 Å². The number of amides is 1. The molecule has 1 aliphatic rings. The molecule has 5 nitrogen and oxygen atoms in total. The number of carbonyl (C=O) groups is 1. The lowest BCUT2D eigenvalue weighted by Gasteiger charge is -2.31. The normalized spacial score (nSPS) is 15.5. The van der Waals surface area contributed by atoms with Crippen molar-refractivity contribution < 1.29 is 9.21 Å². The molecule has 0 aliphatic heterocycles. The molecule has 144 valence electrons. The zero-order valence-electron chi connectivity index (χ0n) is 16.1. The van der Waals surface area contributed by atoms with E-state index in [2.05, 4.69) is 10.5 Å². The summed E-state index contributed by atoms with van der Waals surface area (Å²) in [6, 6.07) is 10.3. The van der Waals surface area contributed by atoms with Gasteiger partial charge in [0.15, 0.2) is 4.96 Å². The number of hydrogen-bond acceptors (Lipinski definition) is 4. The number of nitrogens with zero attached hydrogens (tertiary/aromatic N) is 3. The SMILES string of the molecule is Cc1c(C(=O)N(C)C2CCCCC2)sc2nc3ccc(-c4ccco4)cc3n12. The van der Waals surface area contributed by atoms with E-state index in [4.69, 9.17) is 9.40 Å². The number of benzene rings is 1. The lowest BCUT2D eigenvalue weighted by atomic mass is 9.94. The zero-order valence-corrected chi connectivity index (χ0v) is 17.0. The molecule has 3 heterocycles. The Morgan fingerprint density at radius 3 is 2.82 bits per heavy atom. The maximum atomic E-state index is 13.2. The highest BCUT2D eigenvalue weighted by Crippen LogP contribution is 2.32. The molecule has 5 rings (SSSR count). The Morgan fingerprint density at radius 2 is 2.07 bits per heavy atom. The van der Waals surface area contributed by atoms with Gasteiger partial charge in [-0.2, -0.15) is 0 Å². The minimum absolute atomic E-state index is 0.121. The first kappa shape index (κ1) is 17.5. The predicted molar refractivity (Wildman–Crippen MR) is 112 cm³/mol. The minimum atomic E-state index is 0.121. The van der Waals surface area contributed by atoms with Gasteiger partial charge < -0.3 is 9.32 Å². The van der Waals surface area contributed by atoms with E-state index >= 15 is 0 Å². The first-order chi connectivity index (χ1) is 13.6. The fraction of sp³-hybridized carbons (Fsp3) is 0.364. The average Bonchev–Trinajstić information content (AvgIpc) is 3.44. The summed E-state index contributed by atoms with van der Waals surface area (Å²) in [6.07, 6.45) is 7.62. The summed E-state index contributed by atoms with van der Waals surface area (Å²) in [5.74, 6) is 0.952. The van der Waals surface area contributed by atoms with Crippen molar-refractivity contribution in [2.75, 3.05) is 7.05 Å². The number of imidazole rings is 1. The van der Waals surface area contributed by atoms with Crippen LogP contribution < -0.4 is 0 Å². The molecule has 1 saturated carbocycles. The largest absolute Gasteiger partial charge is 0.464 e. The highest BCUT2D eigenvalue weighted by Gasteiger charge is 2.27. The minimum Gasteiger partial charge on any atom is -0.464 e. The summed E-state index contributed by atoms with van der Waals surface area (Å²) in [6.45, 7) is 2.02. The third-order valence-corrected chi connectivity index (χ3v) is 7.05. The maximum Gasteiger partial charge on any atom is 0.265 e. The van der Waals surface area contributed by atoms with Gasteiger partial charge in [0.2, 0.25) is 0 Å². The van der Waals surface area contributed by atoms with E-state index < -0.39 is 0 Å². The van der Waals surface area contributed by atoms with Crippen molar-refractivity contribution in [3.05, 3.63) is 47.2 Å². The van der Waals surface area contributed by atoms with Crippen molar-refractivity contribution in [3.63, 3.8) is 0 Å². The van der Waals surface area contributed by atoms with Crippen LogP contribution >= 0.6 is 11.3 Å². The Labute approximate surface area is 167 Å². The molecule has 0 N–H and O–H groups in total. The van der Waals surface area contributed by atoms with Gasteiger partial charge in [-0.1, -0.05) is 30.6 Å². The fourth-order valence-corrected chi connectivity index (χ4v) is 5.42.